The fraction of sp³-hybridized carbons (Fsp3) is 0.333. The zero-order chi connectivity index (χ0) is 16.6. The lowest BCUT2D eigenvalue weighted by Crippen LogP contribution is -2.36. The van der Waals surface area contributed by atoms with Crippen molar-refractivity contribution in [1.82, 2.24) is 4.90 Å². The van der Waals surface area contributed by atoms with Gasteiger partial charge in [0.25, 0.3) is 11.6 Å². The number of likely N-dealkylation sites (tertiary alicyclic amines) is 1. The molecule has 3 rings (SSSR count). The van der Waals surface area contributed by atoms with Gasteiger partial charge in [-0.15, -0.1) is 11.3 Å². The third kappa shape index (κ3) is 3.02. The van der Waals surface area contributed by atoms with Crippen LogP contribution in [0.25, 0.3) is 10.1 Å². The highest BCUT2D eigenvalue weighted by atomic mass is 32.1. The Labute approximate surface area is 135 Å². The van der Waals surface area contributed by atoms with Crippen molar-refractivity contribution in [3.8, 4) is 0 Å². The molecule has 1 amide bonds. The van der Waals surface area contributed by atoms with Crippen LogP contribution in [0.5, 0.6) is 0 Å². The van der Waals surface area contributed by atoms with E-state index >= 15 is 0 Å². The number of carbonyl (C=O) groups is 2. The number of non-ortho nitro benzene ring substituents is 1. The van der Waals surface area contributed by atoms with Crippen molar-refractivity contribution in [1.29, 1.82) is 0 Å². The van der Waals surface area contributed by atoms with E-state index in [0.717, 1.165) is 11.1 Å². The normalized spacial score (nSPS) is 17.6. The van der Waals surface area contributed by atoms with Crippen LogP contribution in [0, 0.1) is 10.1 Å². The number of fused-ring (bicyclic) bond motifs is 1. The second kappa shape index (κ2) is 5.96. The van der Waals surface area contributed by atoms with Gasteiger partial charge in [0.2, 0.25) is 0 Å². The molecule has 1 aliphatic heterocycles. The number of amides is 1. The highest BCUT2D eigenvalue weighted by molar-refractivity contribution is 7.20. The quantitative estimate of drug-likeness (QED) is 0.684. The van der Waals surface area contributed by atoms with Crippen molar-refractivity contribution in [3.63, 3.8) is 0 Å². The van der Waals surface area contributed by atoms with Gasteiger partial charge < -0.3 is 10.0 Å². The molecule has 1 saturated heterocycles. The zero-order valence-corrected chi connectivity index (χ0v) is 12.9. The van der Waals surface area contributed by atoms with Crippen molar-refractivity contribution >= 4 is 39.0 Å². The lowest BCUT2D eigenvalue weighted by molar-refractivity contribution is -0.384. The number of nitro benzene ring substituents is 1. The summed E-state index contributed by atoms with van der Waals surface area (Å²) in [6, 6.07) is 5.86. The smallest absolute Gasteiger partial charge is 0.305 e. The van der Waals surface area contributed by atoms with Gasteiger partial charge in [0.05, 0.1) is 16.2 Å². The first-order valence-corrected chi connectivity index (χ1v) is 7.98. The first kappa shape index (κ1) is 15.4. The molecule has 1 fully saturated rings. The Kier molecular flexibility index (Phi) is 3.99. The number of carbonyl (C=O) groups excluding carboxylic acids is 1. The van der Waals surface area contributed by atoms with Gasteiger partial charge in [-0.05, 0) is 25.0 Å². The van der Waals surface area contributed by atoms with Crippen LogP contribution in [-0.4, -0.2) is 39.4 Å². The zero-order valence-electron chi connectivity index (χ0n) is 12.1. The number of benzene rings is 1. The molecular weight excluding hydrogens is 320 g/mol. The summed E-state index contributed by atoms with van der Waals surface area (Å²) in [5, 5.41) is 20.4. The third-order valence-electron chi connectivity index (χ3n) is 3.97. The molecular formula is C15H14N2O5S. The number of hydrogen-bond donors (Lipinski definition) is 1. The number of thiophene rings is 1. The maximum Gasteiger partial charge on any atom is 0.305 e. The van der Waals surface area contributed by atoms with Crippen LogP contribution in [0.15, 0.2) is 24.3 Å². The van der Waals surface area contributed by atoms with Gasteiger partial charge in [0.1, 0.15) is 0 Å². The molecule has 120 valence electrons. The number of nitro groups is 1. The Morgan fingerprint density at radius 1 is 1.39 bits per heavy atom. The van der Waals surface area contributed by atoms with E-state index in [9.17, 15) is 19.7 Å². The van der Waals surface area contributed by atoms with Gasteiger partial charge in [-0.25, -0.2) is 0 Å². The van der Waals surface area contributed by atoms with E-state index in [1.54, 1.807) is 17.0 Å². The number of carboxylic acid groups (broad SMARTS) is 1. The Balaban J connectivity index is 1.88. The lowest BCUT2D eigenvalue weighted by atomic mass is 10.1. The molecule has 1 aliphatic rings. The molecule has 23 heavy (non-hydrogen) atoms. The van der Waals surface area contributed by atoms with E-state index < -0.39 is 10.9 Å². The predicted octanol–water partition coefficient (Wildman–Crippen LogP) is 2.89. The summed E-state index contributed by atoms with van der Waals surface area (Å²) < 4.78 is 0.799. The summed E-state index contributed by atoms with van der Waals surface area (Å²) in [6.07, 6.45) is 1.43. The number of carboxylic acids is 1. The minimum absolute atomic E-state index is 0.0146. The molecule has 0 spiro atoms. The summed E-state index contributed by atoms with van der Waals surface area (Å²) in [6.45, 7) is 0.547. The molecule has 7 nitrogen and oxygen atoms in total. The fourth-order valence-corrected chi connectivity index (χ4v) is 3.91. The number of nitrogens with zero attached hydrogens (tertiary/aromatic N) is 2. The molecule has 0 saturated carbocycles. The second-order valence-electron chi connectivity index (χ2n) is 5.48. The van der Waals surface area contributed by atoms with Crippen LogP contribution in [0.3, 0.4) is 0 Å². The molecule has 2 aromatic rings. The van der Waals surface area contributed by atoms with Gasteiger partial charge >= 0.3 is 5.97 Å². The summed E-state index contributed by atoms with van der Waals surface area (Å²) in [5.74, 6) is -1.11. The van der Waals surface area contributed by atoms with Crippen molar-refractivity contribution in [3.05, 3.63) is 39.3 Å². The molecule has 1 aromatic heterocycles. The van der Waals surface area contributed by atoms with E-state index in [1.165, 1.54) is 23.5 Å². The molecule has 0 radical (unpaired) electrons. The maximum atomic E-state index is 12.6. The molecule has 8 heteroatoms. The van der Waals surface area contributed by atoms with Crippen LogP contribution in [0.1, 0.15) is 28.9 Å². The maximum absolute atomic E-state index is 12.6. The monoisotopic (exact) mass is 334 g/mol. The van der Waals surface area contributed by atoms with E-state index in [2.05, 4.69) is 0 Å². The number of aliphatic carboxylic acids is 1. The van der Waals surface area contributed by atoms with Gasteiger partial charge in [0, 0.05) is 34.8 Å². The van der Waals surface area contributed by atoms with Crippen LogP contribution < -0.4 is 0 Å². The summed E-state index contributed by atoms with van der Waals surface area (Å²) >= 11 is 1.27. The summed E-state index contributed by atoms with van der Waals surface area (Å²) in [7, 11) is 0. The van der Waals surface area contributed by atoms with E-state index in [0.29, 0.717) is 23.2 Å². The standard InChI is InChI=1S/C15H14N2O5S/c18-14(19)8-10-2-1-5-16(10)15(20)13-7-9-6-11(17(21)22)3-4-12(9)23-13/h3-4,6-7,10H,1-2,5,8H2,(H,18,19)/t10-/m0/s1. The average molecular weight is 334 g/mol. The van der Waals surface area contributed by atoms with Gasteiger partial charge in [-0.2, -0.15) is 0 Å². The van der Waals surface area contributed by atoms with Crippen molar-refractivity contribution in [2.24, 2.45) is 0 Å². The largest absolute Gasteiger partial charge is 0.481 e. The minimum atomic E-state index is -0.915. The van der Waals surface area contributed by atoms with E-state index in [-0.39, 0.29) is 24.1 Å². The number of rotatable bonds is 4. The minimum Gasteiger partial charge on any atom is -0.481 e. The Hall–Kier alpha value is -2.48. The Morgan fingerprint density at radius 3 is 2.87 bits per heavy atom. The highest BCUT2D eigenvalue weighted by Crippen LogP contribution is 2.31. The van der Waals surface area contributed by atoms with Crippen molar-refractivity contribution in [2.75, 3.05) is 6.54 Å². The molecule has 1 atom stereocenters. The average Bonchev–Trinajstić information content (AvgIpc) is 3.11. The van der Waals surface area contributed by atoms with E-state index in [4.69, 9.17) is 5.11 Å². The first-order chi connectivity index (χ1) is 11.0. The molecule has 0 aliphatic carbocycles. The Bertz CT molecular complexity index is 800. The van der Waals surface area contributed by atoms with Gasteiger partial charge in [-0.3, -0.25) is 19.7 Å². The Morgan fingerprint density at radius 2 is 2.17 bits per heavy atom. The molecule has 2 heterocycles. The van der Waals surface area contributed by atoms with Crippen molar-refractivity contribution < 1.29 is 19.6 Å². The predicted molar refractivity (Wildman–Crippen MR) is 84.8 cm³/mol. The molecule has 0 unspecified atom stereocenters. The topological polar surface area (TPSA) is 101 Å². The van der Waals surface area contributed by atoms with Gasteiger partial charge in [0.15, 0.2) is 0 Å². The molecule has 1 N–H and O–H groups in total. The second-order valence-corrected chi connectivity index (χ2v) is 6.57. The highest BCUT2D eigenvalue weighted by Gasteiger charge is 2.31. The van der Waals surface area contributed by atoms with Crippen molar-refractivity contribution in [2.45, 2.75) is 25.3 Å². The van der Waals surface area contributed by atoms with Crippen LogP contribution >= 0.6 is 11.3 Å². The fourth-order valence-electron chi connectivity index (χ4n) is 2.91. The molecule has 0 bridgehead atoms. The molecule has 1 aromatic carbocycles. The van der Waals surface area contributed by atoms with Crippen LogP contribution in [-0.2, 0) is 4.79 Å². The summed E-state index contributed by atoms with van der Waals surface area (Å²) in [4.78, 5) is 36.0. The van der Waals surface area contributed by atoms with Gasteiger partial charge in [-0.1, -0.05) is 0 Å². The third-order valence-corrected chi connectivity index (χ3v) is 5.07. The number of hydrogen-bond acceptors (Lipinski definition) is 5. The first-order valence-electron chi connectivity index (χ1n) is 7.16. The van der Waals surface area contributed by atoms with Crippen LogP contribution in [0.4, 0.5) is 5.69 Å². The SMILES string of the molecule is O=C(O)C[C@@H]1CCCN1C(=O)c1cc2cc([N+](=O)[O-])ccc2s1. The van der Waals surface area contributed by atoms with Crippen LogP contribution in [0.2, 0.25) is 0 Å². The summed E-state index contributed by atoms with van der Waals surface area (Å²) in [5.41, 5.74) is -0.0146. The van der Waals surface area contributed by atoms with E-state index in [1.807, 2.05) is 0 Å². The lowest BCUT2D eigenvalue weighted by Gasteiger charge is -2.22.